The molecular formula is C22H28N2S2. The van der Waals surface area contributed by atoms with Gasteiger partial charge < -0.3 is 10.6 Å². The van der Waals surface area contributed by atoms with Crippen molar-refractivity contribution in [2.45, 2.75) is 61.6 Å². The molecule has 0 amide bonds. The highest BCUT2D eigenvalue weighted by molar-refractivity contribution is 7.98. The van der Waals surface area contributed by atoms with Gasteiger partial charge in [0.2, 0.25) is 0 Å². The van der Waals surface area contributed by atoms with Gasteiger partial charge in [-0.15, -0.1) is 11.8 Å². The van der Waals surface area contributed by atoms with Gasteiger partial charge in [-0.1, -0.05) is 62.4 Å². The second-order valence-electron chi connectivity index (χ2n) is 6.94. The Hall–Kier alpha value is -1.52. The molecule has 0 saturated heterocycles. The number of nitrogens with one attached hydrogen (secondary N) is 2. The third kappa shape index (κ3) is 6.65. The Morgan fingerprint density at radius 3 is 2.23 bits per heavy atom. The van der Waals surface area contributed by atoms with Crippen LogP contribution in [-0.4, -0.2) is 11.2 Å². The molecule has 26 heavy (non-hydrogen) atoms. The minimum absolute atomic E-state index is 0.525. The normalized spacial score (nSPS) is 15.7. The van der Waals surface area contributed by atoms with E-state index in [9.17, 15) is 0 Å². The lowest BCUT2D eigenvalue weighted by atomic mass is 9.97. The molecule has 0 spiro atoms. The van der Waals surface area contributed by atoms with Crippen LogP contribution in [0.2, 0.25) is 0 Å². The van der Waals surface area contributed by atoms with Crippen LogP contribution in [0.5, 0.6) is 0 Å². The van der Waals surface area contributed by atoms with E-state index in [2.05, 4.69) is 65.2 Å². The number of hydrogen-bond acceptors (Lipinski definition) is 2. The standard InChI is InChI=1S/C22H28N2S2/c25-22(23-19-9-5-2-1-3-6-10-19)24-20-15-13-18(14-16-20)17-26-21-11-7-4-8-12-21/h4,7-8,11-16,19H,1-3,5-6,9-10,17H2,(H2,23,24,25). The quantitative estimate of drug-likeness (QED) is 0.461. The van der Waals surface area contributed by atoms with Crippen molar-refractivity contribution >= 4 is 34.8 Å². The molecule has 0 unspecified atom stereocenters. The van der Waals surface area contributed by atoms with E-state index in [-0.39, 0.29) is 0 Å². The van der Waals surface area contributed by atoms with Crippen LogP contribution < -0.4 is 10.6 Å². The first kappa shape index (κ1) is 19.2. The summed E-state index contributed by atoms with van der Waals surface area (Å²) in [5, 5.41) is 7.60. The zero-order valence-corrected chi connectivity index (χ0v) is 16.9. The highest BCUT2D eigenvalue weighted by Gasteiger charge is 2.12. The highest BCUT2D eigenvalue weighted by atomic mass is 32.2. The minimum atomic E-state index is 0.525. The van der Waals surface area contributed by atoms with Gasteiger partial charge in [0.05, 0.1) is 0 Å². The number of anilines is 1. The molecule has 1 fully saturated rings. The molecule has 0 radical (unpaired) electrons. The van der Waals surface area contributed by atoms with Crippen LogP contribution in [-0.2, 0) is 5.75 Å². The Bertz CT molecular complexity index is 662. The summed E-state index contributed by atoms with van der Waals surface area (Å²) >= 11 is 7.38. The molecule has 1 aliphatic rings. The van der Waals surface area contributed by atoms with Crippen LogP contribution in [0.1, 0.15) is 50.5 Å². The molecule has 2 nitrogen and oxygen atoms in total. The zero-order chi connectivity index (χ0) is 18.0. The van der Waals surface area contributed by atoms with Crippen LogP contribution in [0.25, 0.3) is 0 Å². The first-order valence-electron chi connectivity index (χ1n) is 9.64. The minimum Gasteiger partial charge on any atom is -0.360 e. The van der Waals surface area contributed by atoms with E-state index in [1.807, 2.05) is 11.8 Å². The van der Waals surface area contributed by atoms with E-state index >= 15 is 0 Å². The van der Waals surface area contributed by atoms with Crippen LogP contribution in [0.3, 0.4) is 0 Å². The van der Waals surface area contributed by atoms with E-state index in [1.165, 1.54) is 55.4 Å². The zero-order valence-electron chi connectivity index (χ0n) is 15.2. The number of thiocarbonyl (C=S) groups is 1. The topological polar surface area (TPSA) is 24.1 Å². The van der Waals surface area contributed by atoms with Gasteiger partial charge in [-0.25, -0.2) is 0 Å². The maximum Gasteiger partial charge on any atom is 0.170 e. The summed E-state index contributed by atoms with van der Waals surface area (Å²) in [4.78, 5) is 1.30. The van der Waals surface area contributed by atoms with Crippen LogP contribution in [0.4, 0.5) is 5.69 Å². The number of benzene rings is 2. The average Bonchev–Trinajstić information content (AvgIpc) is 2.64. The Morgan fingerprint density at radius 1 is 0.885 bits per heavy atom. The maximum atomic E-state index is 5.52. The van der Waals surface area contributed by atoms with Crippen molar-refractivity contribution in [3.05, 3.63) is 60.2 Å². The molecule has 4 heteroatoms. The summed E-state index contributed by atoms with van der Waals surface area (Å²) in [5.41, 5.74) is 2.38. The lowest BCUT2D eigenvalue weighted by Crippen LogP contribution is -2.38. The van der Waals surface area contributed by atoms with Crippen molar-refractivity contribution in [3.63, 3.8) is 0 Å². The van der Waals surface area contributed by atoms with Gasteiger partial charge in [-0.2, -0.15) is 0 Å². The molecule has 0 atom stereocenters. The monoisotopic (exact) mass is 384 g/mol. The van der Waals surface area contributed by atoms with E-state index in [0.717, 1.165) is 16.6 Å². The van der Waals surface area contributed by atoms with Gasteiger partial charge in [0.25, 0.3) is 0 Å². The smallest absolute Gasteiger partial charge is 0.170 e. The van der Waals surface area contributed by atoms with Crippen LogP contribution in [0.15, 0.2) is 59.5 Å². The molecule has 2 aromatic rings. The summed E-state index contributed by atoms with van der Waals surface area (Å²) in [6.45, 7) is 0. The lowest BCUT2D eigenvalue weighted by Gasteiger charge is -2.22. The van der Waals surface area contributed by atoms with E-state index < -0.39 is 0 Å². The fourth-order valence-electron chi connectivity index (χ4n) is 3.32. The Morgan fingerprint density at radius 2 is 1.54 bits per heavy atom. The molecule has 2 N–H and O–H groups in total. The Balaban J connectivity index is 1.45. The van der Waals surface area contributed by atoms with Crippen molar-refractivity contribution < 1.29 is 0 Å². The number of hydrogen-bond donors (Lipinski definition) is 2. The van der Waals surface area contributed by atoms with Gasteiger partial charge in [-0.3, -0.25) is 0 Å². The van der Waals surface area contributed by atoms with Gasteiger partial charge in [0, 0.05) is 22.4 Å². The van der Waals surface area contributed by atoms with Crippen molar-refractivity contribution in [3.8, 4) is 0 Å². The first-order valence-corrected chi connectivity index (χ1v) is 11.0. The van der Waals surface area contributed by atoms with Crippen LogP contribution in [0, 0.1) is 0 Å². The highest BCUT2D eigenvalue weighted by Crippen LogP contribution is 2.23. The largest absolute Gasteiger partial charge is 0.360 e. The molecule has 0 bridgehead atoms. The molecule has 0 aromatic heterocycles. The molecule has 138 valence electrons. The van der Waals surface area contributed by atoms with E-state index in [4.69, 9.17) is 12.2 Å². The molecule has 3 rings (SSSR count). The fraction of sp³-hybridized carbons (Fsp3) is 0.409. The van der Waals surface area contributed by atoms with Crippen molar-refractivity contribution in [2.24, 2.45) is 0 Å². The molecule has 0 aliphatic heterocycles. The van der Waals surface area contributed by atoms with E-state index in [0.29, 0.717) is 6.04 Å². The Kier molecular flexibility index (Phi) is 7.84. The molecule has 2 aromatic carbocycles. The van der Waals surface area contributed by atoms with Crippen LogP contribution >= 0.6 is 24.0 Å². The number of rotatable bonds is 5. The summed E-state index contributed by atoms with van der Waals surface area (Å²) < 4.78 is 0. The third-order valence-electron chi connectivity index (χ3n) is 4.80. The molecule has 0 heterocycles. The first-order chi connectivity index (χ1) is 12.8. The molecule has 1 saturated carbocycles. The summed E-state index contributed by atoms with van der Waals surface area (Å²) in [7, 11) is 0. The van der Waals surface area contributed by atoms with E-state index in [1.54, 1.807) is 0 Å². The average molecular weight is 385 g/mol. The maximum absolute atomic E-state index is 5.52. The second-order valence-corrected chi connectivity index (χ2v) is 8.40. The molecule has 1 aliphatic carbocycles. The summed E-state index contributed by atoms with van der Waals surface area (Å²) in [6, 6.07) is 19.6. The predicted octanol–water partition coefficient (Wildman–Crippen LogP) is 6.38. The van der Waals surface area contributed by atoms with Gasteiger partial charge in [0.1, 0.15) is 0 Å². The summed E-state index contributed by atoms with van der Waals surface area (Å²) in [5.74, 6) is 0.981. The van der Waals surface area contributed by atoms with Crippen molar-refractivity contribution in [2.75, 3.05) is 5.32 Å². The van der Waals surface area contributed by atoms with Gasteiger partial charge in [-0.05, 0) is 54.9 Å². The molecular weight excluding hydrogens is 356 g/mol. The van der Waals surface area contributed by atoms with Gasteiger partial charge in [0.15, 0.2) is 5.11 Å². The SMILES string of the molecule is S=C(Nc1ccc(CSc2ccccc2)cc1)NC1CCCCCCC1. The van der Waals surface area contributed by atoms with Crippen molar-refractivity contribution in [1.82, 2.24) is 5.32 Å². The van der Waals surface area contributed by atoms with Gasteiger partial charge >= 0.3 is 0 Å². The fourth-order valence-corrected chi connectivity index (χ4v) is 4.48. The Labute approximate surface area is 167 Å². The predicted molar refractivity (Wildman–Crippen MR) is 118 cm³/mol. The third-order valence-corrected chi connectivity index (χ3v) is 6.10. The van der Waals surface area contributed by atoms with Crippen molar-refractivity contribution in [1.29, 1.82) is 0 Å². The number of thioether (sulfide) groups is 1. The summed E-state index contributed by atoms with van der Waals surface area (Å²) in [6.07, 6.45) is 9.21. The second kappa shape index (κ2) is 10.6. The lowest BCUT2D eigenvalue weighted by molar-refractivity contribution is 0.430.